The van der Waals surface area contributed by atoms with Crippen LogP contribution in [0.15, 0.2) is 29.8 Å². The number of nitrogen functional groups attached to an aromatic ring is 1. The van der Waals surface area contributed by atoms with Crippen LogP contribution in [-0.2, 0) is 0 Å². The van der Waals surface area contributed by atoms with Gasteiger partial charge in [-0.3, -0.25) is 10.6 Å². The summed E-state index contributed by atoms with van der Waals surface area (Å²) in [6.45, 7) is 3.85. The van der Waals surface area contributed by atoms with Crippen molar-refractivity contribution >= 4 is 22.9 Å². The zero-order chi connectivity index (χ0) is 13.8. The summed E-state index contributed by atoms with van der Waals surface area (Å²) in [6.07, 6.45) is 1.72. The van der Waals surface area contributed by atoms with Gasteiger partial charge in [-0.05, 0) is 31.5 Å². The van der Waals surface area contributed by atoms with Gasteiger partial charge in [0.15, 0.2) is 0 Å². The number of aryl methyl sites for hydroxylation is 1. The van der Waals surface area contributed by atoms with Crippen molar-refractivity contribution in [3.05, 3.63) is 45.9 Å². The van der Waals surface area contributed by atoms with Gasteiger partial charge in [0.25, 0.3) is 5.91 Å². The highest BCUT2D eigenvalue weighted by Gasteiger charge is 2.15. The lowest BCUT2D eigenvalue weighted by molar-refractivity contribution is 0.0940. The Morgan fingerprint density at radius 1 is 1.47 bits per heavy atom. The minimum Gasteiger partial charge on any atom is -0.343 e. The molecule has 0 fully saturated rings. The Balaban J connectivity index is 2.16. The Bertz CT molecular complexity index is 568. The lowest BCUT2D eigenvalue weighted by Gasteiger charge is -2.14. The van der Waals surface area contributed by atoms with Gasteiger partial charge in [-0.15, -0.1) is 11.3 Å². The zero-order valence-electron chi connectivity index (χ0n) is 10.8. The molecule has 0 aliphatic carbocycles. The van der Waals surface area contributed by atoms with Gasteiger partial charge in [0.2, 0.25) is 0 Å². The molecule has 1 aromatic heterocycles. The van der Waals surface area contributed by atoms with E-state index in [-0.39, 0.29) is 11.9 Å². The number of carbonyl (C=O) groups is 1. The summed E-state index contributed by atoms with van der Waals surface area (Å²) < 4.78 is 0. The number of nitrogens with two attached hydrogens (primary N) is 1. The molecule has 5 nitrogen and oxygen atoms in total. The Morgan fingerprint density at radius 3 is 2.89 bits per heavy atom. The van der Waals surface area contributed by atoms with Crippen molar-refractivity contribution in [3.63, 3.8) is 0 Å². The molecule has 2 aromatic rings. The normalized spacial score (nSPS) is 11.9. The molecule has 0 spiro atoms. The first-order chi connectivity index (χ1) is 9.11. The molecule has 0 aliphatic rings. The predicted molar refractivity (Wildman–Crippen MR) is 77.0 cm³/mol. The van der Waals surface area contributed by atoms with E-state index in [9.17, 15) is 4.79 Å². The summed E-state index contributed by atoms with van der Waals surface area (Å²) in [7, 11) is 0. The molecule has 0 aliphatic heterocycles. The Kier molecular flexibility index (Phi) is 4.13. The number of hydrazine groups is 1. The van der Waals surface area contributed by atoms with E-state index < -0.39 is 0 Å². The number of nitrogens with zero attached hydrogens (tertiary/aromatic N) is 1. The van der Waals surface area contributed by atoms with Crippen LogP contribution in [0, 0.1) is 6.92 Å². The SMILES string of the molecule is Cc1ccc(C(=O)NC(C)c2nccs2)c(NN)c1. The summed E-state index contributed by atoms with van der Waals surface area (Å²) in [5.74, 6) is 5.27. The Hall–Kier alpha value is -1.92. The molecular weight excluding hydrogens is 260 g/mol. The average molecular weight is 276 g/mol. The van der Waals surface area contributed by atoms with Crippen LogP contribution in [0.1, 0.15) is 33.9 Å². The molecule has 1 atom stereocenters. The maximum atomic E-state index is 12.2. The first kappa shape index (κ1) is 13.5. The van der Waals surface area contributed by atoms with Gasteiger partial charge in [0.1, 0.15) is 5.01 Å². The van der Waals surface area contributed by atoms with Gasteiger partial charge in [-0.25, -0.2) is 4.98 Å². The number of aromatic nitrogens is 1. The number of amides is 1. The zero-order valence-corrected chi connectivity index (χ0v) is 11.6. The van der Waals surface area contributed by atoms with Crippen molar-refractivity contribution in [1.82, 2.24) is 10.3 Å². The predicted octanol–water partition coefficient (Wildman–Crippen LogP) is 2.23. The molecule has 4 N–H and O–H groups in total. The van der Waals surface area contributed by atoms with Crippen molar-refractivity contribution in [3.8, 4) is 0 Å². The van der Waals surface area contributed by atoms with Crippen molar-refractivity contribution in [2.24, 2.45) is 5.84 Å². The average Bonchev–Trinajstić information content (AvgIpc) is 2.92. The quantitative estimate of drug-likeness (QED) is 0.591. The molecule has 0 saturated heterocycles. The third kappa shape index (κ3) is 3.10. The van der Waals surface area contributed by atoms with E-state index in [0.29, 0.717) is 11.3 Å². The molecule has 19 heavy (non-hydrogen) atoms. The van der Waals surface area contributed by atoms with Crippen LogP contribution < -0.4 is 16.6 Å². The summed E-state index contributed by atoms with van der Waals surface area (Å²) in [5.41, 5.74) is 4.73. The van der Waals surface area contributed by atoms with Gasteiger partial charge >= 0.3 is 0 Å². The maximum absolute atomic E-state index is 12.2. The van der Waals surface area contributed by atoms with Gasteiger partial charge in [0.05, 0.1) is 17.3 Å². The molecule has 1 unspecified atom stereocenters. The molecule has 0 bridgehead atoms. The Morgan fingerprint density at radius 2 is 2.26 bits per heavy atom. The number of carbonyl (C=O) groups excluding carboxylic acids is 1. The van der Waals surface area contributed by atoms with Crippen LogP contribution in [0.4, 0.5) is 5.69 Å². The number of hydrogen-bond donors (Lipinski definition) is 3. The molecule has 1 heterocycles. The van der Waals surface area contributed by atoms with E-state index in [4.69, 9.17) is 5.84 Å². The first-order valence-electron chi connectivity index (χ1n) is 5.89. The minimum atomic E-state index is -0.171. The van der Waals surface area contributed by atoms with Gasteiger partial charge < -0.3 is 10.7 Å². The number of anilines is 1. The van der Waals surface area contributed by atoms with E-state index in [2.05, 4.69) is 15.7 Å². The standard InChI is InChI=1S/C13H16N4OS/c1-8-3-4-10(11(7-8)17-14)12(18)16-9(2)13-15-5-6-19-13/h3-7,9,17H,14H2,1-2H3,(H,16,18). The van der Waals surface area contributed by atoms with Crippen molar-refractivity contribution in [1.29, 1.82) is 0 Å². The van der Waals surface area contributed by atoms with Crippen molar-refractivity contribution < 1.29 is 4.79 Å². The third-order valence-electron chi connectivity index (χ3n) is 2.74. The van der Waals surface area contributed by atoms with Gasteiger partial charge in [0, 0.05) is 11.6 Å². The number of benzene rings is 1. The second-order valence-corrected chi connectivity index (χ2v) is 5.19. The first-order valence-corrected chi connectivity index (χ1v) is 6.77. The third-order valence-corrected chi connectivity index (χ3v) is 3.70. The molecule has 1 amide bonds. The molecular formula is C13H16N4OS. The smallest absolute Gasteiger partial charge is 0.253 e. The highest BCUT2D eigenvalue weighted by Crippen LogP contribution is 2.19. The van der Waals surface area contributed by atoms with Crippen LogP contribution >= 0.6 is 11.3 Å². The van der Waals surface area contributed by atoms with Crippen LogP contribution in [0.5, 0.6) is 0 Å². The van der Waals surface area contributed by atoms with E-state index in [1.165, 1.54) is 11.3 Å². The van der Waals surface area contributed by atoms with Crippen LogP contribution in [0.25, 0.3) is 0 Å². The van der Waals surface area contributed by atoms with E-state index >= 15 is 0 Å². The lowest BCUT2D eigenvalue weighted by Crippen LogP contribution is -2.28. The van der Waals surface area contributed by atoms with Crippen molar-refractivity contribution in [2.45, 2.75) is 19.9 Å². The second kappa shape index (κ2) is 5.81. The molecule has 1 aromatic carbocycles. The summed E-state index contributed by atoms with van der Waals surface area (Å²) >= 11 is 1.51. The van der Waals surface area contributed by atoms with Gasteiger partial charge in [-0.2, -0.15) is 0 Å². The maximum Gasteiger partial charge on any atom is 0.253 e. The number of thiazole rings is 1. The topological polar surface area (TPSA) is 80.0 Å². The monoisotopic (exact) mass is 276 g/mol. The molecule has 0 radical (unpaired) electrons. The summed E-state index contributed by atoms with van der Waals surface area (Å²) in [4.78, 5) is 16.4. The van der Waals surface area contributed by atoms with Crippen molar-refractivity contribution in [2.75, 3.05) is 5.43 Å². The number of nitrogens with one attached hydrogen (secondary N) is 2. The van der Waals surface area contributed by atoms with E-state index in [0.717, 1.165) is 10.6 Å². The van der Waals surface area contributed by atoms with Crippen LogP contribution in [0.3, 0.4) is 0 Å². The highest BCUT2D eigenvalue weighted by molar-refractivity contribution is 7.09. The van der Waals surface area contributed by atoms with Crippen LogP contribution in [-0.4, -0.2) is 10.9 Å². The fraction of sp³-hybridized carbons (Fsp3) is 0.231. The summed E-state index contributed by atoms with van der Waals surface area (Å²) in [6, 6.07) is 5.35. The number of hydrogen-bond acceptors (Lipinski definition) is 5. The molecule has 6 heteroatoms. The number of rotatable bonds is 4. The molecule has 0 saturated carbocycles. The largest absolute Gasteiger partial charge is 0.343 e. The molecule has 100 valence electrons. The van der Waals surface area contributed by atoms with Crippen LogP contribution in [0.2, 0.25) is 0 Å². The molecule has 2 rings (SSSR count). The fourth-order valence-corrected chi connectivity index (χ4v) is 2.41. The highest BCUT2D eigenvalue weighted by atomic mass is 32.1. The van der Waals surface area contributed by atoms with Gasteiger partial charge in [-0.1, -0.05) is 6.07 Å². The van der Waals surface area contributed by atoms with E-state index in [1.54, 1.807) is 12.3 Å². The minimum absolute atomic E-state index is 0.126. The lowest BCUT2D eigenvalue weighted by atomic mass is 10.1. The van der Waals surface area contributed by atoms with E-state index in [1.807, 2.05) is 31.4 Å². The fourth-order valence-electron chi connectivity index (χ4n) is 1.76. The summed E-state index contributed by atoms with van der Waals surface area (Å²) in [5, 5.41) is 5.67. The second-order valence-electron chi connectivity index (χ2n) is 4.26. The Labute approximate surface area is 115 Å².